The van der Waals surface area contributed by atoms with Crippen LogP contribution < -0.4 is 5.32 Å². The molecule has 1 heterocycles. The summed E-state index contributed by atoms with van der Waals surface area (Å²) in [6.07, 6.45) is 1.15. The molecule has 0 aromatic heterocycles. The zero-order chi connectivity index (χ0) is 14.8. The first-order valence-corrected chi connectivity index (χ1v) is 7.31. The summed E-state index contributed by atoms with van der Waals surface area (Å²) in [7, 11) is 0. The molecule has 2 N–H and O–H groups in total. The molecule has 1 aliphatic heterocycles. The zero-order valence-corrected chi connectivity index (χ0v) is 12.1. The average molecular weight is 281 g/mol. The summed E-state index contributed by atoms with van der Waals surface area (Å²) < 4.78 is 0. The normalized spacial score (nSPS) is 15.8. The van der Waals surface area contributed by atoms with Gasteiger partial charge in [0.25, 0.3) is 5.91 Å². The van der Waals surface area contributed by atoms with Crippen LogP contribution >= 0.6 is 0 Å². The second-order valence-electron chi connectivity index (χ2n) is 5.54. The molecular weight excluding hydrogens is 262 g/mol. The van der Waals surface area contributed by atoms with E-state index < -0.39 is 6.10 Å². The Labute approximate surface area is 124 Å². The van der Waals surface area contributed by atoms with Crippen LogP contribution in [0.15, 0.2) is 42.5 Å². The van der Waals surface area contributed by atoms with Crippen molar-refractivity contribution in [3.05, 3.63) is 70.3 Å². The van der Waals surface area contributed by atoms with E-state index in [-0.39, 0.29) is 5.91 Å². The number of aryl methyl sites for hydroxylation is 2. The highest BCUT2D eigenvalue weighted by Gasteiger charge is 2.19. The Bertz CT molecular complexity index is 679. The van der Waals surface area contributed by atoms with Gasteiger partial charge in [-0.2, -0.15) is 0 Å². The highest BCUT2D eigenvalue weighted by Crippen LogP contribution is 2.27. The van der Waals surface area contributed by atoms with Crippen molar-refractivity contribution in [2.45, 2.75) is 25.9 Å². The largest absolute Gasteiger partial charge is 0.384 e. The fourth-order valence-electron chi connectivity index (χ4n) is 2.84. The van der Waals surface area contributed by atoms with Gasteiger partial charge in [-0.25, -0.2) is 0 Å². The lowest BCUT2D eigenvalue weighted by atomic mass is 9.93. The number of aliphatic hydroxyl groups is 1. The fraction of sp³-hybridized carbons (Fsp3) is 0.278. The lowest BCUT2D eigenvalue weighted by Gasteiger charge is -2.16. The second-order valence-corrected chi connectivity index (χ2v) is 5.54. The number of hydrogen-bond acceptors (Lipinski definition) is 2. The van der Waals surface area contributed by atoms with Gasteiger partial charge in [-0.05, 0) is 48.1 Å². The van der Waals surface area contributed by atoms with Crippen molar-refractivity contribution in [1.29, 1.82) is 0 Å². The van der Waals surface area contributed by atoms with Gasteiger partial charge in [0.1, 0.15) is 6.10 Å². The van der Waals surface area contributed by atoms with Gasteiger partial charge in [-0.3, -0.25) is 4.79 Å². The van der Waals surface area contributed by atoms with Crippen molar-refractivity contribution in [1.82, 2.24) is 5.32 Å². The van der Waals surface area contributed by atoms with Crippen LogP contribution in [0.3, 0.4) is 0 Å². The SMILES string of the molecule is Cc1ccccc1C(O)c1ccc2c(c1)C(=O)NCCC2. The van der Waals surface area contributed by atoms with Crippen molar-refractivity contribution in [3.63, 3.8) is 0 Å². The highest BCUT2D eigenvalue weighted by atomic mass is 16.3. The van der Waals surface area contributed by atoms with Gasteiger partial charge in [-0.15, -0.1) is 0 Å². The van der Waals surface area contributed by atoms with Crippen LogP contribution in [0, 0.1) is 6.92 Å². The Morgan fingerprint density at radius 3 is 2.81 bits per heavy atom. The number of benzene rings is 2. The molecule has 0 radical (unpaired) electrons. The Morgan fingerprint density at radius 1 is 1.19 bits per heavy atom. The fourth-order valence-corrected chi connectivity index (χ4v) is 2.84. The summed E-state index contributed by atoms with van der Waals surface area (Å²) in [5.74, 6) is -0.0404. The molecule has 0 saturated heterocycles. The third kappa shape index (κ3) is 2.69. The summed E-state index contributed by atoms with van der Waals surface area (Å²) >= 11 is 0. The standard InChI is InChI=1S/C18H19NO2/c1-12-5-2-3-7-15(12)17(20)14-9-8-13-6-4-10-19-18(21)16(13)11-14/h2-3,5,7-9,11,17,20H,4,6,10H2,1H3,(H,19,21). The molecule has 1 amide bonds. The van der Waals surface area contributed by atoms with Crippen molar-refractivity contribution >= 4 is 5.91 Å². The first-order valence-electron chi connectivity index (χ1n) is 7.31. The molecule has 0 aliphatic carbocycles. The van der Waals surface area contributed by atoms with Crippen LogP contribution in [-0.4, -0.2) is 17.6 Å². The summed E-state index contributed by atoms with van der Waals surface area (Å²) in [6.45, 7) is 2.69. The van der Waals surface area contributed by atoms with E-state index in [1.54, 1.807) is 0 Å². The van der Waals surface area contributed by atoms with Crippen molar-refractivity contribution in [2.24, 2.45) is 0 Å². The van der Waals surface area contributed by atoms with Crippen LogP contribution in [-0.2, 0) is 6.42 Å². The molecular formula is C18H19NO2. The molecule has 21 heavy (non-hydrogen) atoms. The maximum atomic E-state index is 12.1. The minimum Gasteiger partial charge on any atom is -0.384 e. The van der Waals surface area contributed by atoms with Crippen LogP contribution in [0.25, 0.3) is 0 Å². The van der Waals surface area contributed by atoms with Crippen LogP contribution in [0.2, 0.25) is 0 Å². The maximum absolute atomic E-state index is 12.1. The van der Waals surface area contributed by atoms with Gasteiger partial charge < -0.3 is 10.4 Å². The number of hydrogen-bond donors (Lipinski definition) is 2. The summed E-state index contributed by atoms with van der Waals surface area (Å²) in [6, 6.07) is 13.5. The van der Waals surface area contributed by atoms with Crippen LogP contribution in [0.5, 0.6) is 0 Å². The number of aliphatic hydroxyl groups excluding tert-OH is 1. The highest BCUT2D eigenvalue weighted by molar-refractivity contribution is 5.96. The minimum atomic E-state index is -0.701. The molecule has 3 heteroatoms. The molecule has 2 aromatic rings. The van der Waals surface area contributed by atoms with E-state index >= 15 is 0 Å². The Kier molecular flexibility index (Phi) is 3.76. The van der Waals surface area contributed by atoms with E-state index in [0.717, 1.165) is 35.1 Å². The van der Waals surface area contributed by atoms with Gasteiger partial charge in [0.05, 0.1) is 0 Å². The zero-order valence-electron chi connectivity index (χ0n) is 12.1. The smallest absolute Gasteiger partial charge is 0.251 e. The predicted octanol–water partition coefficient (Wildman–Crippen LogP) is 2.75. The molecule has 1 atom stereocenters. The van der Waals surface area contributed by atoms with Gasteiger partial charge >= 0.3 is 0 Å². The van der Waals surface area contributed by atoms with E-state index in [9.17, 15) is 9.90 Å². The van der Waals surface area contributed by atoms with Crippen molar-refractivity contribution in [2.75, 3.05) is 6.54 Å². The molecule has 0 fully saturated rings. The minimum absolute atomic E-state index is 0.0404. The van der Waals surface area contributed by atoms with Gasteiger partial charge in [0.15, 0.2) is 0 Å². The first-order chi connectivity index (χ1) is 10.2. The second kappa shape index (κ2) is 5.70. The Hall–Kier alpha value is -2.13. The van der Waals surface area contributed by atoms with Crippen LogP contribution in [0.4, 0.5) is 0 Å². The molecule has 0 saturated carbocycles. The quantitative estimate of drug-likeness (QED) is 0.889. The number of nitrogens with one attached hydrogen (secondary N) is 1. The van der Waals surface area contributed by atoms with Crippen molar-refractivity contribution in [3.8, 4) is 0 Å². The number of carbonyl (C=O) groups excluding carboxylic acids is 1. The molecule has 2 aromatic carbocycles. The van der Waals surface area contributed by atoms with Gasteiger partial charge in [0.2, 0.25) is 0 Å². The Balaban J connectivity index is 2.00. The monoisotopic (exact) mass is 281 g/mol. The average Bonchev–Trinajstić information content (AvgIpc) is 2.69. The lowest BCUT2D eigenvalue weighted by molar-refractivity contribution is 0.0956. The molecule has 0 spiro atoms. The maximum Gasteiger partial charge on any atom is 0.251 e. The number of rotatable bonds is 2. The Morgan fingerprint density at radius 2 is 2.00 bits per heavy atom. The summed E-state index contributed by atoms with van der Waals surface area (Å²) in [5.41, 5.74) is 4.44. The van der Waals surface area contributed by atoms with E-state index in [0.29, 0.717) is 12.1 Å². The topological polar surface area (TPSA) is 49.3 Å². The molecule has 108 valence electrons. The number of fused-ring (bicyclic) bond motifs is 1. The van der Waals surface area contributed by atoms with Gasteiger partial charge in [0, 0.05) is 12.1 Å². The molecule has 1 unspecified atom stereocenters. The molecule has 3 rings (SSSR count). The molecule has 1 aliphatic rings. The van der Waals surface area contributed by atoms with Gasteiger partial charge in [-0.1, -0.05) is 36.4 Å². The van der Waals surface area contributed by atoms with E-state index in [2.05, 4.69) is 5.32 Å². The summed E-state index contributed by atoms with van der Waals surface area (Å²) in [4.78, 5) is 12.1. The third-order valence-electron chi connectivity index (χ3n) is 4.09. The molecule has 0 bridgehead atoms. The van der Waals surface area contributed by atoms with Crippen LogP contribution in [0.1, 0.15) is 45.1 Å². The van der Waals surface area contributed by atoms with E-state index in [4.69, 9.17) is 0 Å². The third-order valence-corrected chi connectivity index (χ3v) is 4.09. The molecule has 3 nitrogen and oxygen atoms in total. The van der Waals surface area contributed by atoms with E-state index in [1.807, 2.05) is 49.4 Å². The number of amides is 1. The predicted molar refractivity (Wildman–Crippen MR) is 82.3 cm³/mol. The first kappa shape index (κ1) is 13.8. The lowest BCUT2D eigenvalue weighted by Crippen LogP contribution is -2.22. The number of carbonyl (C=O) groups is 1. The summed E-state index contributed by atoms with van der Waals surface area (Å²) in [5, 5.41) is 13.5. The van der Waals surface area contributed by atoms with Crippen molar-refractivity contribution < 1.29 is 9.90 Å². The van der Waals surface area contributed by atoms with E-state index in [1.165, 1.54) is 0 Å².